The van der Waals surface area contributed by atoms with Crippen LogP contribution < -0.4 is 4.74 Å². The van der Waals surface area contributed by atoms with E-state index in [4.69, 9.17) is 9.84 Å². The van der Waals surface area contributed by atoms with E-state index >= 15 is 0 Å². The fourth-order valence-corrected chi connectivity index (χ4v) is 1.70. The van der Waals surface area contributed by atoms with Crippen molar-refractivity contribution < 1.29 is 14.6 Å². The Balaban J connectivity index is 2.65. The van der Waals surface area contributed by atoms with Gasteiger partial charge in [0.25, 0.3) is 0 Å². The lowest BCUT2D eigenvalue weighted by atomic mass is 10.1. The van der Waals surface area contributed by atoms with Crippen LogP contribution in [-0.4, -0.2) is 28.2 Å². The van der Waals surface area contributed by atoms with Crippen LogP contribution in [0.3, 0.4) is 0 Å². The quantitative estimate of drug-likeness (QED) is 0.869. The first-order valence-corrected chi connectivity index (χ1v) is 5.13. The number of rotatable bonds is 3. The second kappa shape index (κ2) is 4.37. The Hall–Kier alpha value is -2.17. The highest BCUT2D eigenvalue weighted by molar-refractivity contribution is 5.85. The van der Waals surface area contributed by atoms with Gasteiger partial charge in [-0.25, -0.2) is 9.97 Å². The van der Waals surface area contributed by atoms with Gasteiger partial charge in [-0.05, 0) is 25.1 Å². The van der Waals surface area contributed by atoms with Gasteiger partial charge < -0.3 is 9.84 Å². The van der Waals surface area contributed by atoms with Crippen molar-refractivity contribution in [2.75, 3.05) is 7.11 Å². The van der Waals surface area contributed by atoms with E-state index in [1.807, 2.05) is 0 Å². The molecule has 5 heteroatoms. The number of fused-ring (bicyclic) bond motifs is 1. The average molecular weight is 232 g/mol. The highest BCUT2D eigenvalue weighted by atomic mass is 16.5. The maximum absolute atomic E-state index is 10.8. The van der Waals surface area contributed by atoms with Gasteiger partial charge >= 0.3 is 5.97 Å². The summed E-state index contributed by atoms with van der Waals surface area (Å²) in [6, 6.07) is 5.35. The van der Waals surface area contributed by atoms with Gasteiger partial charge in [0.2, 0.25) is 0 Å². The molecule has 0 aliphatic rings. The van der Waals surface area contributed by atoms with E-state index in [2.05, 4.69) is 9.97 Å². The SMILES string of the molecule is COc1ccc2nc(C)nc(CC(=O)O)c2c1. The van der Waals surface area contributed by atoms with E-state index in [1.54, 1.807) is 32.2 Å². The lowest BCUT2D eigenvalue weighted by Gasteiger charge is -2.06. The summed E-state index contributed by atoms with van der Waals surface area (Å²) in [5.74, 6) is 0.322. The van der Waals surface area contributed by atoms with Crippen LogP contribution in [0.15, 0.2) is 18.2 Å². The Morgan fingerprint density at radius 1 is 1.41 bits per heavy atom. The van der Waals surface area contributed by atoms with Crippen molar-refractivity contribution in [3.63, 3.8) is 0 Å². The number of nitrogens with zero attached hydrogens (tertiary/aromatic N) is 2. The third kappa shape index (κ3) is 2.33. The van der Waals surface area contributed by atoms with Crippen LogP contribution in [0.5, 0.6) is 5.75 Å². The summed E-state index contributed by atoms with van der Waals surface area (Å²) in [4.78, 5) is 19.2. The maximum Gasteiger partial charge on any atom is 0.309 e. The summed E-state index contributed by atoms with van der Waals surface area (Å²) in [5, 5.41) is 9.57. The standard InChI is InChI=1S/C12H12N2O3/c1-7-13-10-4-3-8(17-2)5-9(10)11(14-7)6-12(15)16/h3-5H,6H2,1-2H3,(H,15,16). The Bertz CT molecular complexity index is 581. The lowest BCUT2D eigenvalue weighted by Crippen LogP contribution is -2.05. The fourth-order valence-electron chi connectivity index (χ4n) is 1.70. The van der Waals surface area contributed by atoms with Crippen molar-refractivity contribution in [1.29, 1.82) is 0 Å². The van der Waals surface area contributed by atoms with E-state index in [9.17, 15) is 4.79 Å². The van der Waals surface area contributed by atoms with Crippen molar-refractivity contribution in [2.24, 2.45) is 0 Å². The van der Waals surface area contributed by atoms with Gasteiger partial charge in [-0.15, -0.1) is 0 Å². The number of benzene rings is 1. The third-order valence-electron chi connectivity index (χ3n) is 2.41. The van der Waals surface area contributed by atoms with Crippen LogP contribution in [0.2, 0.25) is 0 Å². The van der Waals surface area contributed by atoms with Gasteiger partial charge in [0.1, 0.15) is 11.6 Å². The second-order valence-corrected chi connectivity index (χ2v) is 3.67. The molecule has 1 aromatic carbocycles. The Kier molecular flexibility index (Phi) is 2.91. The minimum atomic E-state index is -0.910. The van der Waals surface area contributed by atoms with Gasteiger partial charge in [0, 0.05) is 5.39 Å². The van der Waals surface area contributed by atoms with E-state index in [0.29, 0.717) is 17.3 Å². The van der Waals surface area contributed by atoms with Crippen molar-refractivity contribution in [2.45, 2.75) is 13.3 Å². The summed E-state index contributed by atoms with van der Waals surface area (Å²) in [5.41, 5.74) is 1.24. The number of hydrogen-bond acceptors (Lipinski definition) is 4. The summed E-state index contributed by atoms with van der Waals surface area (Å²) in [6.45, 7) is 1.75. The van der Waals surface area contributed by atoms with Crippen LogP contribution in [0, 0.1) is 6.92 Å². The molecule has 2 aromatic rings. The maximum atomic E-state index is 10.8. The first-order chi connectivity index (χ1) is 8.10. The predicted octanol–water partition coefficient (Wildman–Crippen LogP) is 1.57. The second-order valence-electron chi connectivity index (χ2n) is 3.67. The smallest absolute Gasteiger partial charge is 0.309 e. The van der Waals surface area contributed by atoms with Crippen LogP contribution >= 0.6 is 0 Å². The van der Waals surface area contributed by atoms with Crippen molar-refractivity contribution in [1.82, 2.24) is 9.97 Å². The molecule has 0 aliphatic heterocycles. The van der Waals surface area contributed by atoms with Crippen LogP contribution in [0.1, 0.15) is 11.5 Å². The minimum absolute atomic E-state index is 0.118. The molecule has 0 fully saturated rings. The van der Waals surface area contributed by atoms with Crippen LogP contribution in [0.25, 0.3) is 10.9 Å². The Morgan fingerprint density at radius 2 is 2.18 bits per heavy atom. The van der Waals surface area contributed by atoms with Crippen LogP contribution in [0.4, 0.5) is 0 Å². The molecule has 0 amide bonds. The molecule has 0 bridgehead atoms. The monoisotopic (exact) mass is 232 g/mol. The minimum Gasteiger partial charge on any atom is -0.497 e. The summed E-state index contributed by atoms with van der Waals surface area (Å²) in [6.07, 6.45) is -0.118. The highest BCUT2D eigenvalue weighted by Crippen LogP contribution is 2.22. The molecule has 0 aliphatic carbocycles. The molecule has 0 spiro atoms. The number of aryl methyl sites for hydroxylation is 1. The third-order valence-corrected chi connectivity index (χ3v) is 2.41. The van der Waals surface area contributed by atoms with Crippen molar-refractivity contribution >= 4 is 16.9 Å². The lowest BCUT2D eigenvalue weighted by molar-refractivity contribution is -0.136. The molecule has 0 saturated heterocycles. The van der Waals surface area contributed by atoms with Gasteiger partial charge in [-0.3, -0.25) is 4.79 Å². The van der Waals surface area contributed by atoms with E-state index in [-0.39, 0.29) is 6.42 Å². The number of aliphatic carboxylic acids is 1. The molecule has 17 heavy (non-hydrogen) atoms. The number of carboxylic acids is 1. The highest BCUT2D eigenvalue weighted by Gasteiger charge is 2.10. The predicted molar refractivity (Wildman–Crippen MR) is 62.2 cm³/mol. The number of aromatic nitrogens is 2. The zero-order valence-electron chi connectivity index (χ0n) is 9.60. The topological polar surface area (TPSA) is 72.3 Å². The van der Waals surface area contributed by atoms with Crippen molar-refractivity contribution in [3.8, 4) is 5.75 Å². The Morgan fingerprint density at radius 3 is 2.82 bits per heavy atom. The number of ether oxygens (including phenoxy) is 1. The largest absolute Gasteiger partial charge is 0.497 e. The van der Waals surface area contributed by atoms with Gasteiger partial charge in [0.05, 0.1) is 24.7 Å². The number of hydrogen-bond donors (Lipinski definition) is 1. The molecule has 5 nitrogen and oxygen atoms in total. The number of carboxylic acid groups (broad SMARTS) is 1. The fraction of sp³-hybridized carbons (Fsp3) is 0.250. The Labute approximate surface area is 98.1 Å². The summed E-state index contributed by atoms with van der Waals surface area (Å²) in [7, 11) is 1.56. The van der Waals surface area contributed by atoms with Crippen molar-refractivity contribution in [3.05, 3.63) is 29.7 Å². The first kappa shape index (κ1) is 11.3. The van der Waals surface area contributed by atoms with E-state index in [1.165, 1.54) is 0 Å². The zero-order chi connectivity index (χ0) is 12.4. The number of carbonyl (C=O) groups is 1. The molecule has 2 rings (SSSR count). The van der Waals surface area contributed by atoms with Crippen LogP contribution in [-0.2, 0) is 11.2 Å². The molecular weight excluding hydrogens is 220 g/mol. The average Bonchev–Trinajstić information content (AvgIpc) is 2.27. The number of methoxy groups -OCH3 is 1. The molecule has 0 atom stereocenters. The van der Waals surface area contributed by atoms with E-state index < -0.39 is 5.97 Å². The molecule has 1 N–H and O–H groups in total. The normalized spacial score (nSPS) is 10.5. The molecule has 0 saturated carbocycles. The van der Waals surface area contributed by atoms with Gasteiger partial charge in [0.15, 0.2) is 0 Å². The van der Waals surface area contributed by atoms with Gasteiger partial charge in [-0.1, -0.05) is 0 Å². The zero-order valence-corrected chi connectivity index (χ0v) is 9.60. The molecule has 1 heterocycles. The summed E-state index contributed by atoms with van der Waals surface area (Å²) < 4.78 is 5.11. The van der Waals surface area contributed by atoms with Gasteiger partial charge in [-0.2, -0.15) is 0 Å². The molecule has 0 radical (unpaired) electrons. The molecular formula is C12H12N2O3. The molecule has 88 valence electrons. The molecule has 1 aromatic heterocycles. The first-order valence-electron chi connectivity index (χ1n) is 5.13. The molecule has 0 unspecified atom stereocenters. The summed E-state index contributed by atoms with van der Waals surface area (Å²) >= 11 is 0. The van der Waals surface area contributed by atoms with E-state index in [0.717, 1.165) is 10.9 Å².